The third-order valence-electron chi connectivity index (χ3n) is 4.77. The van der Waals surface area contributed by atoms with Gasteiger partial charge in [0.1, 0.15) is 16.7 Å². The van der Waals surface area contributed by atoms with Gasteiger partial charge in [0, 0.05) is 10.2 Å². The SMILES string of the molecule is CCOC(=O)C1=C(C)n2c(s/c(=C\c3ccc(Br)cc3)c2=O)=N[C@H]1c1ccc([N+](=O)[O-])o1. The molecule has 0 N–H and O–H groups in total. The lowest BCUT2D eigenvalue weighted by Gasteiger charge is -2.20. The molecular formula is C21H16BrN3O6S. The molecule has 0 bridgehead atoms. The normalized spacial score (nSPS) is 16.0. The molecule has 164 valence electrons. The highest BCUT2D eigenvalue weighted by molar-refractivity contribution is 9.10. The molecule has 32 heavy (non-hydrogen) atoms. The second-order valence-electron chi connectivity index (χ2n) is 6.77. The van der Waals surface area contributed by atoms with Crippen LogP contribution in [0, 0.1) is 10.1 Å². The van der Waals surface area contributed by atoms with E-state index in [9.17, 15) is 19.7 Å². The summed E-state index contributed by atoms with van der Waals surface area (Å²) in [6, 6.07) is 9.08. The number of furan rings is 1. The zero-order valence-corrected chi connectivity index (χ0v) is 19.3. The van der Waals surface area contributed by atoms with Crippen molar-refractivity contribution in [2.24, 2.45) is 4.99 Å². The van der Waals surface area contributed by atoms with E-state index >= 15 is 0 Å². The third-order valence-corrected chi connectivity index (χ3v) is 6.28. The van der Waals surface area contributed by atoms with Crippen LogP contribution in [0.15, 0.2) is 60.6 Å². The van der Waals surface area contributed by atoms with Crippen LogP contribution in [0.2, 0.25) is 0 Å². The van der Waals surface area contributed by atoms with E-state index in [1.54, 1.807) is 19.9 Å². The van der Waals surface area contributed by atoms with E-state index in [2.05, 4.69) is 20.9 Å². The first kappa shape index (κ1) is 21.9. The quantitative estimate of drug-likeness (QED) is 0.291. The van der Waals surface area contributed by atoms with Crippen LogP contribution in [-0.4, -0.2) is 22.1 Å². The van der Waals surface area contributed by atoms with Crippen LogP contribution in [0.5, 0.6) is 0 Å². The van der Waals surface area contributed by atoms with Gasteiger partial charge in [-0.1, -0.05) is 39.4 Å². The molecule has 0 spiro atoms. The molecule has 2 aromatic heterocycles. The first-order valence-corrected chi connectivity index (χ1v) is 11.1. The predicted octanol–water partition coefficient (Wildman–Crippen LogP) is 3.17. The van der Waals surface area contributed by atoms with Crippen LogP contribution in [-0.2, 0) is 9.53 Å². The molecule has 0 amide bonds. The molecule has 3 heterocycles. The summed E-state index contributed by atoms with van der Waals surface area (Å²) in [5.74, 6) is -1.01. The average Bonchev–Trinajstić information content (AvgIpc) is 3.35. The van der Waals surface area contributed by atoms with E-state index in [1.165, 1.54) is 16.7 Å². The zero-order valence-electron chi connectivity index (χ0n) is 16.9. The largest absolute Gasteiger partial charge is 0.463 e. The number of hydrogen-bond donors (Lipinski definition) is 0. The molecule has 0 aliphatic carbocycles. The van der Waals surface area contributed by atoms with E-state index in [1.807, 2.05) is 24.3 Å². The van der Waals surface area contributed by atoms with Crippen LogP contribution in [0.4, 0.5) is 5.88 Å². The number of fused-ring (bicyclic) bond motifs is 1. The number of rotatable bonds is 5. The topological polar surface area (TPSA) is 117 Å². The number of carbonyl (C=O) groups is 1. The molecule has 1 aromatic carbocycles. The van der Waals surface area contributed by atoms with Gasteiger partial charge in [-0.2, -0.15) is 0 Å². The van der Waals surface area contributed by atoms with E-state index in [-0.39, 0.29) is 23.5 Å². The third kappa shape index (κ3) is 3.96. The van der Waals surface area contributed by atoms with Gasteiger partial charge in [0.2, 0.25) is 0 Å². The molecule has 0 unspecified atom stereocenters. The van der Waals surface area contributed by atoms with Gasteiger partial charge < -0.3 is 9.15 Å². The summed E-state index contributed by atoms with van der Waals surface area (Å²) < 4.78 is 13.2. The molecule has 4 rings (SSSR count). The fraction of sp³-hybridized carbons (Fsp3) is 0.190. The highest BCUT2D eigenvalue weighted by Crippen LogP contribution is 2.34. The minimum atomic E-state index is -0.971. The van der Waals surface area contributed by atoms with Crippen LogP contribution < -0.4 is 14.9 Å². The number of allylic oxidation sites excluding steroid dienone is 1. The Morgan fingerprint density at radius 1 is 1.34 bits per heavy atom. The lowest BCUT2D eigenvalue weighted by atomic mass is 10.0. The van der Waals surface area contributed by atoms with Crippen molar-refractivity contribution >= 4 is 50.9 Å². The van der Waals surface area contributed by atoms with Crippen molar-refractivity contribution in [3.05, 3.63) is 87.6 Å². The minimum Gasteiger partial charge on any atom is -0.463 e. The van der Waals surface area contributed by atoms with E-state index in [0.29, 0.717) is 15.0 Å². The molecule has 1 atom stereocenters. The number of nitrogens with zero attached hydrogens (tertiary/aromatic N) is 3. The number of hydrogen-bond acceptors (Lipinski definition) is 8. The molecule has 1 aliphatic heterocycles. The van der Waals surface area contributed by atoms with E-state index in [4.69, 9.17) is 9.15 Å². The summed E-state index contributed by atoms with van der Waals surface area (Å²) in [4.78, 5) is 41.1. The van der Waals surface area contributed by atoms with Gasteiger partial charge in [-0.05, 0) is 43.7 Å². The molecule has 0 radical (unpaired) electrons. The van der Waals surface area contributed by atoms with Gasteiger partial charge in [-0.25, -0.2) is 9.79 Å². The highest BCUT2D eigenvalue weighted by atomic mass is 79.9. The van der Waals surface area contributed by atoms with Gasteiger partial charge in [0.05, 0.1) is 22.8 Å². The number of benzene rings is 1. The number of halogens is 1. The number of aromatic nitrogens is 1. The zero-order chi connectivity index (χ0) is 23.0. The Bertz CT molecular complexity index is 1430. The fourth-order valence-electron chi connectivity index (χ4n) is 3.32. The summed E-state index contributed by atoms with van der Waals surface area (Å²) in [6.45, 7) is 3.40. The Morgan fingerprint density at radius 2 is 2.06 bits per heavy atom. The standard InChI is InChI=1S/C21H16BrN3O6S/c1-3-30-20(27)17-11(2)24-19(26)15(10-12-4-6-13(22)7-5-12)32-21(24)23-18(17)14-8-9-16(31-14)25(28)29/h4-10,18H,3H2,1-2H3/b15-10-/t18-/m0/s1. The van der Waals surface area contributed by atoms with Gasteiger partial charge in [0.25, 0.3) is 5.56 Å². The maximum Gasteiger partial charge on any atom is 0.433 e. The Hall–Kier alpha value is -3.31. The smallest absolute Gasteiger partial charge is 0.433 e. The summed E-state index contributed by atoms with van der Waals surface area (Å²) in [5, 5.41) is 11.0. The Labute approximate surface area is 193 Å². The van der Waals surface area contributed by atoms with Crippen molar-refractivity contribution in [3.8, 4) is 0 Å². The first-order valence-electron chi connectivity index (χ1n) is 9.49. The minimum absolute atomic E-state index is 0.0960. The van der Waals surface area contributed by atoms with Gasteiger partial charge in [-0.3, -0.25) is 19.5 Å². The maximum absolute atomic E-state index is 13.1. The monoisotopic (exact) mass is 517 g/mol. The van der Waals surface area contributed by atoms with Crippen molar-refractivity contribution in [1.29, 1.82) is 0 Å². The van der Waals surface area contributed by atoms with Crippen molar-refractivity contribution in [3.63, 3.8) is 0 Å². The molecule has 3 aromatic rings. The van der Waals surface area contributed by atoms with Crippen LogP contribution in [0.3, 0.4) is 0 Å². The summed E-state index contributed by atoms with van der Waals surface area (Å²) >= 11 is 4.54. The molecule has 11 heteroatoms. The summed E-state index contributed by atoms with van der Waals surface area (Å²) in [5.41, 5.74) is 0.947. The van der Waals surface area contributed by atoms with Gasteiger partial charge >= 0.3 is 11.9 Å². The first-order chi connectivity index (χ1) is 15.3. The molecule has 0 fully saturated rings. The molecule has 0 saturated heterocycles. The van der Waals surface area contributed by atoms with Crippen molar-refractivity contribution in [2.75, 3.05) is 6.61 Å². The summed E-state index contributed by atoms with van der Waals surface area (Å²) in [6.07, 6.45) is 1.74. The lowest BCUT2D eigenvalue weighted by Crippen LogP contribution is -2.35. The fourth-order valence-corrected chi connectivity index (χ4v) is 4.62. The average molecular weight is 518 g/mol. The van der Waals surface area contributed by atoms with E-state index in [0.717, 1.165) is 21.4 Å². The number of thiazole rings is 1. The number of carbonyl (C=O) groups excluding carboxylic acids is 1. The van der Waals surface area contributed by atoms with E-state index < -0.39 is 22.8 Å². The predicted molar refractivity (Wildman–Crippen MR) is 121 cm³/mol. The highest BCUT2D eigenvalue weighted by Gasteiger charge is 2.34. The molecule has 1 aliphatic rings. The van der Waals surface area contributed by atoms with Crippen LogP contribution >= 0.6 is 27.3 Å². The van der Waals surface area contributed by atoms with Gasteiger partial charge in [-0.15, -0.1) is 0 Å². The molecular weight excluding hydrogens is 502 g/mol. The Kier molecular flexibility index (Phi) is 5.94. The number of ether oxygens (including phenoxy) is 1. The number of nitro groups is 1. The Morgan fingerprint density at radius 3 is 2.69 bits per heavy atom. The second kappa shape index (κ2) is 8.67. The van der Waals surface area contributed by atoms with Crippen LogP contribution in [0.1, 0.15) is 31.2 Å². The van der Waals surface area contributed by atoms with Crippen molar-refractivity contribution in [1.82, 2.24) is 4.57 Å². The van der Waals surface area contributed by atoms with Gasteiger partial charge in [0.15, 0.2) is 4.80 Å². The number of esters is 1. The van der Waals surface area contributed by atoms with Crippen LogP contribution in [0.25, 0.3) is 11.8 Å². The van der Waals surface area contributed by atoms with Crippen molar-refractivity contribution in [2.45, 2.75) is 19.9 Å². The summed E-state index contributed by atoms with van der Waals surface area (Å²) in [7, 11) is 0. The Balaban J connectivity index is 1.92. The molecule has 9 nitrogen and oxygen atoms in total. The lowest BCUT2D eigenvalue weighted by molar-refractivity contribution is -0.402. The second-order valence-corrected chi connectivity index (χ2v) is 8.69. The molecule has 0 saturated carbocycles. The maximum atomic E-state index is 13.1. The van der Waals surface area contributed by atoms with Crippen molar-refractivity contribution < 1.29 is 18.9 Å².